The number of piperidine rings is 3. The lowest BCUT2D eigenvalue weighted by Gasteiger charge is -2.33. The number of nitrogens with one attached hydrogen (secondary N) is 4. The molecule has 4 aromatic rings. The maximum Gasteiger partial charge on any atom is 0.319 e. The molecule has 3 fully saturated rings. The van der Waals surface area contributed by atoms with Crippen molar-refractivity contribution >= 4 is 41.2 Å². The summed E-state index contributed by atoms with van der Waals surface area (Å²) in [7, 11) is 0. The summed E-state index contributed by atoms with van der Waals surface area (Å²) in [6, 6.07) is 30.6. The number of nitriles is 1. The molecule has 4 aromatic carbocycles. The summed E-state index contributed by atoms with van der Waals surface area (Å²) in [5.41, 5.74) is 7.45. The molecule has 3 aliphatic heterocycles. The van der Waals surface area contributed by atoms with Crippen LogP contribution in [0.2, 0.25) is 0 Å². The zero-order chi connectivity index (χ0) is 45.8. The van der Waals surface area contributed by atoms with Crippen LogP contribution in [0.25, 0.3) is 0 Å². The summed E-state index contributed by atoms with van der Waals surface area (Å²) in [4.78, 5) is 68.1. The van der Waals surface area contributed by atoms with Gasteiger partial charge in [0.15, 0.2) is 0 Å². The highest BCUT2D eigenvalue weighted by molar-refractivity contribution is 5.98. The molecule has 4 N–H and O–H groups in total. The molecular weight excluding hydrogens is 805 g/mol. The minimum atomic E-state index is -0.332. The molecule has 13 nitrogen and oxygen atoms in total. The van der Waals surface area contributed by atoms with Crippen LogP contribution in [0.5, 0.6) is 0 Å². The van der Waals surface area contributed by atoms with Crippen molar-refractivity contribution in [3.05, 3.63) is 130 Å². The number of nitrogens with zero attached hydrogens (tertiary/aromatic N) is 4. The van der Waals surface area contributed by atoms with E-state index in [4.69, 9.17) is 5.26 Å². The normalized spacial score (nSPS) is 16.8. The van der Waals surface area contributed by atoms with Crippen molar-refractivity contribution < 1.29 is 24.0 Å². The van der Waals surface area contributed by atoms with Gasteiger partial charge in [-0.3, -0.25) is 14.4 Å². The molecule has 3 saturated heterocycles. The standard InChI is InChI=1S/C28H33N5O3.C23H29N3O2/c1-19-5-8-24(16-26(19)31-28(36)30-25-4-3-13-33(18-25)20(2)34)27(35)32-14-11-23(12-15-32)22-9-6-21(17-29)7-10-22;1-16(2)24-23(28)25-21-15-20(10-9-17(21)3)22(27)26-13-11-19(12-14-26)18-7-5-4-6-8-18/h5-10,16,23,25H,3-4,11-15,18H2,1-2H3,(H2,30,31,36);4-10,15-16,19H,11-14H2,1-3H3,(H2,24,25,28). The second-order valence-electron chi connectivity index (χ2n) is 17.5. The molecule has 0 aromatic heterocycles. The van der Waals surface area contributed by atoms with Crippen molar-refractivity contribution in [3.63, 3.8) is 0 Å². The number of aryl methyl sites for hydroxylation is 2. The summed E-state index contributed by atoms with van der Waals surface area (Å²) >= 11 is 0. The molecule has 0 spiro atoms. The van der Waals surface area contributed by atoms with Gasteiger partial charge in [-0.2, -0.15) is 5.26 Å². The van der Waals surface area contributed by atoms with Gasteiger partial charge in [0.25, 0.3) is 11.8 Å². The van der Waals surface area contributed by atoms with E-state index in [1.165, 1.54) is 11.1 Å². The lowest BCUT2D eigenvalue weighted by molar-refractivity contribution is -0.130. The highest BCUT2D eigenvalue weighted by atomic mass is 16.2. The zero-order valence-corrected chi connectivity index (χ0v) is 37.8. The Balaban J connectivity index is 0.000000219. The van der Waals surface area contributed by atoms with Crippen LogP contribution in [-0.2, 0) is 4.79 Å². The van der Waals surface area contributed by atoms with Gasteiger partial charge < -0.3 is 36.0 Å². The number of likely N-dealkylation sites (tertiary alicyclic amines) is 3. The van der Waals surface area contributed by atoms with E-state index in [2.05, 4.69) is 51.6 Å². The number of carbonyl (C=O) groups is 5. The Morgan fingerprint density at radius 3 is 1.61 bits per heavy atom. The Morgan fingerprint density at radius 2 is 1.12 bits per heavy atom. The monoisotopic (exact) mass is 866 g/mol. The number of hydrogen-bond acceptors (Lipinski definition) is 6. The first kappa shape index (κ1) is 46.8. The minimum absolute atomic E-state index is 0.0184. The SMILES string of the molecule is CC(=O)N1CCCC(NC(=O)Nc2cc(C(=O)N3CCC(c4ccc(C#N)cc4)CC3)ccc2C)C1.Cc1ccc(C(=O)N2CCC(c3ccccc3)CC2)cc1NC(=O)NC(C)C. The van der Waals surface area contributed by atoms with E-state index < -0.39 is 0 Å². The van der Waals surface area contributed by atoms with Crippen LogP contribution in [-0.4, -0.2) is 95.8 Å². The molecule has 3 heterocycles. The van der Waals surface area contributed by atoms with Crippen molar-refractivity contribution in [3.8, 4) is 6.07 Å². The molecule has 0 radical (unpaired) electrons. The van der Waals surface area contributed by atoms with Crippen LogP contribution in [0, 0.1) is 25.2 Å². The quantitative estimate of drug-likeness (QED) is 0.139. The fourth-order valence-corrected chi connectivity index (χ4v) is 8.68. The number of anilines is 2. The Morgan fingerprint density at radius 1 is 0.625 bits per heavy atom. The third-order valence-electron chi connectivity index (χ3n) is 12.4. The van der Waals surface area contributed by atoms with Gasteiger partial charge in [0.2, 0.25) is 5.91 Å². The van der Waals surface area contributed by atoms with Crippen LogP contribution >= 0.6 is 0 Å². The third kappa shape index (κ3) is 12.7. The summed E-state index contributed by atoms with van der Waals surface area (Å²) < 4.78 is 0. The second-order valence-corrected chi connectivity index (χ2v) is 17.5. The molecule has 0 bridgehead atoms. The summed E-state index contributed by atoms with van der Waals surface area (Å²) in [5, 5.41) is 20.5. The van der Waals surface area contributed by atoms with Crippen molar-refractivity contribution in [1.29, 1.82) is 5.26 Å². The van der Waals surface area contributed by atoms with Crippen molar-refractivity contribution in [1.82, 2.24) is 25.3 Å². The van der Waals surface area contributed by atoms with Crippen LogP contribution in [0.1, 0.15) is 120 Å². The molecule has 7 rings (SSSR count). The Hall–Kier alpha value is -6.68. The average Bonchev–Trinajstić information content (AvgIpc) is 3.30. The van der Waals surface area contributed by atoms with E-state index in [9.17, 15) is 24.0 Å². The number of hydrogen-bond donors (Lipinski definition) is 4. The minimum Gasteiger partial charge on any atom is -0.341 e. The van der Waals surface area contributed by atoms with Gasteiger partial charge in [0.1, 0.15) is 0 Å². The zero-order valence-electron chi connectivity index (χ0n) is 37.8. The van der Waals surface area contributed by atoms with E-state index >= 15 is 0 Å². The van der Waals surface area contributed by atoms with Gasteiger partial charge in [-0.15, -0.1) is 0 Å². The first-order valence-electron chi connectivity index (χ1n) is 22.5. The van der Waals surface area contributed by atoms with Gasteiger partial charge in [0, 0.05) is 80.8 Å². The number of rotatable bonds is 8. The topological polar surface area (TPSA) is 167 Å². The Kier molecular flexibility index (Phi) is 16.2. The first-order chi connectivity index (χ1) is 30.8. The molecule has 3 aliphatic rings. The number of benzene rings is 4. The summed E-state index contributed by atoms with van der Waals surface area (Å²) in [5.74, 6) is 0.893. The molecule has 13 heteroatoms. The molecular formula is C51H62N8O5. The molecule has 1 unspecified atom stereocenters. The van der Waals surface area contributed by atoms with E-state index in [1.54, 1.807) is 30.0 Å². The Labute approximate surface area is 377 Å². The van der Waals surface area contributed by atoms with Gasteiger partial charge in [-0.05, 0) is 137 Å². The van der Waals surface area contributed by atoms with Crippen LogP contribution in [0.3, 0.4) is 0 Å². The number of carbonyl (C=O) groups excluding carboxylic acids is 5. The lowest BCUT2D eigenvalue weighted by Crippen LogP contribution is -2.50. The molecule has 1 atom stereocenters. The molecule has 7 amide bonds. The second kappa shape index (κ2) is 22.1. The van der Waals surface area contributed by atoms with Crippen LogP contribution in [0.15, 0.2) is 91.0 Å². The highest BCUT2D eigenvalue weighted by Crippen LogP contribution is 2.31. The van der Waals surface area contributed by atoms with Crippen LogP contribution in [0.4, 0.5) is 21.0 Å². The fourth-order valence-electron chi connectivity index (χ4n) is 8.68. The first-order valence-corrected chi connectivity index (χ1v) is 22.5. The van der Waals surface area contributed by atoms with Gasteiger partial charge in [-0.1, -0.05) is 54.6 Å². The summed E-state index contributed by atoms with van der Waals surface area (Å²) in [6.45, 7) is 13.2. The number of amides is 7. The van der Waals surface area contributed by atoms with Gasteiger partial charge >= 0.3 is 12.1 Å². The largest absolute Gasteiger partial charge is 0.341 e. The average molecular weight is 867 g/mol. The summed E-state index contributed by atoms with van der Waals surface area (Å²) in [6.07, 6.45) is 5.38. The van der Waals surface area contributed by atoms with Crippen molar-refractivity contribution in [2.45, 2.75) is 97.1 Å². The molecule has 64 heavy (non-hydrogen) atoms. The van der Waals surface area contributed by atoms with E-state index in [0.717, 1.165) is 69.3 Å². The fraction of sp³-hybridized carbons (Fsp3) is 0.412. The molecule has 336 valence electrons. The van der Waals surface area contributed by atoms with E-state index in [-0.39, 0.29) is 41.9 Å². The molecule has 0 aliphatic carbocycles. The predicted molar refractivity (Wildman–Crippen MR) is 250 cm³/mol. The van der Waals surface area contributed by atoms with Gasteiger partial charge in [-0.25, -0.2) is 9.59 Å². The highest BCUT2D eigenvalue weighted by Gasteiger charge is 2.27. The maximum atomic E-state index is 13.2. The Bertz CT molecular complexity index is 2310. The van der Waals surface area contributed by atoms with E-state index in [0.29, 0.717) is 59.5 Å². The van der Waals surface area contributed by atoms with Gasteiger partial charge in [0.05, 0.1) is 11.6 Å². The predicted octanol–water partition coefficient (Wildman–Crippen LogP) is 8.56. The lowest BCUT2D eigenvalue weighted by atomic mass is 9.89. The van der Waals surface area contributed by atoms with Crippen LogP contribution < -0.4 is 21.3 Å². The number of urea groups is 2. The van der Waals surface area contributed by atoms with E-state index in [1.807, 2.05) is 86.0 Å². The molecule has 0 saturated carbocycles. The maximum absolute atomic E-state index is 13.2. The van der Waals surface area contributed by atoms with Crippen molar-refractivity contribution in [2.75, 3.05) is 49.9 Å². The third-order valence-corrected chi connectivity index (χ3v) is 12.4. The smallest absolute Gasteiger partial charge is 0.319 e. The van der Waals surface area contributed by atoms with Crippen molar-refractivity contribution in [2.24, 2.45) is 0 Å².